The van der Waals surface area contributed by atoms with Crippen molar-refractivity contribution in [1.82, 2.24) is 4.90 Å². The predicted octanol–water partition coefficient (Wildman–Crippen LogP) is 3.72. The molecule has 0 N–H and O–H groups in total. The van der Waals surface area contributed by atoms with Gasteiger partial charge >= 0.3 is 0 Å². The van der Waals surface area contributed by atoms with Crippen LogP contribution in [0.2, 0.25) is 0 Å². The summed E-state index contributed by atoms with van der Waals surface area (Å²) in [6.07, 6.45) is -0.811. The summed E-state index contributed by atoms with van der Waals surface area (Å²) in [6.45, 7) is 0.953. The first kappa shape index (κ1) is 14.7. The minimum atomic E-state index is -1.08. The van der Waals surface area contributed by atoms with E-state index in [1.807, 2.05) is 36.4 Å². The van der Waals surface area contributed by atoms with Crippen molar-refractivity contribution in [3.05, 3.63) is 71.3 Å². The number of benzene rings is 2. The second-order valence-corrected chi connectivity index (χ2v) is 5.37. The summed E-state index contributed by atoms with van der Waals surface area (Å²) in [5, 5.41) is 0. The summed E-state index contributed by atoms with van der Waals surface area (Å²) < 4.78 is 19.8. The molecule has 0 fully saturated rings. The number of ether oxygens (including phenoxy) is 1. The molecule has 1 aliphatic heterocycles. The van der Waals surface area contributed by atoms with E-state index in [0.717, 1.165) is 5.56 Å². The maximum atomic E-state index is 14.2. The second kappa shape index (κ2) is 6.71. The average Bonchev–Trinajstić information content (AvgIpc) is 2.73. The number of carbonyl (C=O) groups excluding carboxylic acids is 1. The van der Waals surface area contributed by atoms with Crippen molar-refractivity contribution in [1.29, 1.82) is 0 Å². The van der Waals surface area contributed by atoms with Crippen LogP contribution in [0.4, 0.5) is 4.39 Å². The van der Waals surface area contributed by atoms with Gasteiger partial charge < -0.3 is 9.64 Å². The lowest BCUT2D eigenvalue weighted by molar-refractivity contribution is 0.0216. The third kappa shape index (κ3) is 3.17. The quantitative estimate of drug-likeness (QED) is 0.861. The summed E-state index contributed by atoms with van der Waals surface area (Å²) >= 11 is 0. The molecule has 0 aromatic heterocycles. The van der Waals surface area contributed by atoms with Gasteiger partial charge in [-0.05, 0) is 17.2 Å². The molecule has 2 aromatic rings. The van der Waals surface area contributed by atoms with E-state index in [9.17, 15) is 9.18 Å². The van der Waals surface area contributed by atoms with E-state index in [1.54, 1.807) is 23.1 Å². The highest BCUT2D eigenvalue weighted by Crippen LogP contribution is 2.23. The molecule has 1 aliphatic rings. The standard InChI is InChI=1S/C18H18FNO2/c19-17(14-6-2-1-3-7-14)10-11-20-13-22-12-15-8-4-5-9-16(15)18(20)21/h1-9,17H,10-13H2. The zero-order valence-electron chi connectivity index (χ0n) is 12.2. The van der Waals surface area contributed by atoms with Crippen molar-refractivity contribution in [3.8, 4) is 0 Å². The van der Waals surface area contributed by atoms with Crippen molar-refractivity contribution in [2.24, 2.45) is 0 Å². The van der Waals surface area contributed by atoms with Crippen LogP contribution in [0.25, 0.3) is 0 Å². The largest absolute Gasteiger partial charge is 0.356 e. The SMILES string of the molecule is O=C1c2ccccc2COCN1CCC(F)c1ccccc1. The van der Waals surface area contributed by atoms with Gasteiger partial charge in [0, 0.05) is 18.5 Å². The van der Waals surface area contributed by atoms with E-state index in [4.69, 9.17) is 4.74 Å². The monoisotopic (exact) mass is 299 g/mol. The highest BCUT2D eigenvalue weighted by Gasteiger charge is 2.23. The van der Waals surface area contributed by atoms with Crippen LogP contribution in [0, 0.1) is 0 Å². The molecule has 22 heavy (non-hydrogen) atoms. The first-order valence-corrected chi connectivity index (χ1v) is 7.39. The van der Waals surface area contributed by atoms with Gasteiger partial charge in [-0.2, -0.15) is 0 Å². The van der Waals surface area contributed by atoms with E-state index in [0.29, 0.717) is 24.3 Å². The van der Waals surface area contributed by atoms with Gasteiger partial charge in [-0.15, -0.1) is 0 Å². The lowest BCUT2D eigenvalue weighted by Gasteiger charge is -2.21. The highest BCUT2D eigenvalue weighted by atomic mass is 19.1. The Morgan fingerprint density at radius 1 is 1.09 bits per heavy atom. The molecule has 0 bridgehead atoms. The van der Waals surface area contributed by atoms with Crippen molar-refractivity contribution >= 4 is 5.91 Å². The Bertz CT molecular complexity index is 645. The third-order valence-corrected chi connectivity index (χ3v) is 3.85. The fourth-order valence-electron chi connectivity index (χ4n) is 2.61. The van der Waals surface area contributed by atoms with Crippen molar-refractivity contribution in [3.63, 3.8) is 0 Å². The molecule has 0 saturated carbocycles. The van der Waals surface area contributed by atoms with Gasteiger partial charge in [0.1, 0.15) is 12.9 Å². The number of fused-ring (bicyclic) bond motifs is 1. The number of hydrogen-bond donors (Lipinski definition) is 0. The van der Waals surface area contributed by atoms with Crippen LogP contribution in [-0.2, 0) is 11.3 Å². The van der Waals surface area contributed by atoms with Gasteiger partial charge in [0.25, 0.3) is 5.91 Å². The number of hydrogen-bond acceptors (Lipinski definition) is 2. The fraction of sp³-hybridized carbons (Fsp3) is 0.278. The summed E-state index contributed by atoms with van der Waals surface area (Å²) in [5.41, 5.74) is 2.18. The molecular formula is C18H18FNO2. The summed E-state index contributed by atoms with van der Waals surface area (Å²) in [5.74, 6) is -0.0895. The number of nitrogens with zero attached hydrogens (tertiary/aromatic N) is 1. The first-order valence-electron chi connectivity index (χ1n) is 7.39. The molecule has 0 aliphatic carbocycles. The molecule has 0 spiro atoms. The van der Waals surface area contributed by atoms with Gasteiger partial charge in [0.05, 0.1) is 6.61 Å². The van der Waals surface area contributed by atoms with Crippen LogP contribution < -0.4 is 0 Å². The number of carbonyl (C=O) groups is 1. The molecule has 1 amide bonds. The average molecular weight is 299 g/mol. The summed E-state index contributed by atoms with van der Waals surface area (Å²) in [6, 6.07) is 16.4. The van der Waals surface area contributed by atoms with Crippen LogP contribution >= 0.6 is 0 Å². The van der Waals surface area contributed by atoms with Crippen LogP contribution in [0.5, 0.6) is 0 Å². The van der Waals surface area contributed by atoms with Gasteiger partial charge in [-0.1, -0.05) is 48.5 Å². The molecule has 4 heteroatoms. The van der Waals surface area contributed by atoms with Crippen LogP contribution in [0.15, 0.2) is 54.6 Å². The maximum absolute atomic E-state index is 14.2. The van der Waals surface area contributed by atoms with E-state index < -0.39 is 6.17 Å². The van der Waals surface area contributed by atoms with Crippen LogP contribution in [-0.4, -0.2) is 24.1 Å². The fourth-order valence-corrected chi connectivity index (χ4v) is 2.61. The number of rotatable bonds is 4. The van der Waals surface area contributed by atoms with Gasteiger partial charge in [-0.3, -0.25) is 4.79 Å². The Labute approximate surface area is 129 Å². The van der Waals surface area contributed by atoms with E-state index in [2.05, 4.69) is 0 Å². The Kier molecular flexibility index (Phi) is 4.49. The molecule has 114 valence electrons. The minimum absolute atomic E-state index is 0.0895. The Hall–Kier alpha value is -2.20. The number of amides is 1. The van der Waals surface area contributed by atoms with Crippen molar-refractivity contribution in [2.75, 3.05) is 13.3 Å². The van der Waals surface area contributed by atoms with Crippen LogP contribution in [0.1, 0.15) is 34.1 Å². The molecule has 0 radical (unpaired) electrons. The number of alkyl halides is 1. The molecule has 1 heterocycles. The highest BCUT2D eigenvalue weighted by molar-refractivity contribution is 5.95. The van der Waals surface area contributed by atoms with Crippen molar-refractivity contribution in [2.45, 2.75) is 19.2 Å². The summed E-state index contributed by atoms with van der Waals surface area (Å²) in [7, 11) is 0. The second-order valence-electron chi connectivity index (χ2n) is 5.37. The molecule has 1 unspecified atom stereocenters. The van der Waals surface area contributed by atoms with E-state index >= 15 is 0 Å². The Morgan fingerprint density at radius 3 is 2.64 bits per heavy atom. The van der Waals surface area contributed by atoms with Gasteiger partial charge in [-0.25, -0.2) is 4.39 Å². The molecule has 3 nitrogen and oxygen atoms in total. The topological polar surface area (TPSA) is 29.5 Å². The van der Waals surface area contributed by atoms with Gasteiger partial charge in [0.2, 0.25) is 0 Å². The Balaban J connectivity index is 1.67. The smallest absolute Gasteiger partial charge is 0.256 e. The first-order chi connectivity index (χ1) is 10.8. The molecular weight excluding hydrogens is 281 g/mol. The zero-order valence-corrected chi connectivity index (χ0v) is 12.2. The van der Waals surface area contributed by atoms with Gasteiger partial charge in [0.15, 0.2) is 0 Å². The zero-order chi connectivity index (χ0) is 15.4. The molecule has 2 aromatic carbocycles. The Morgan fingerprint density at radius 2 is 1.82 bits per heavy atom. The molecule has 3 rings (SSSR count). The number of halogens is 1. The molecule has 1 atom stereocenters. The summed E-state index contributed by atoms with van der Waals surface area (Å²) in [4.78, 5) is 14.1. The van der Waals surface area contributed by atoms with Crippen LogP contribution in [0.3, 0.4) is 0 Å². The minimum Gasteiger partial charge on any atom is -0.356 e. The lowest BCUT2D eigenvalue weighted by Crippen LogP contribution is -2.33. The lowest BCUT2D eigenvalue weighted by atomic mass is 10.1. The van der Waals surface area contributed by atoms with Crippen molar-refractivity contribution < 1.29 is 13.9 Å². The van der Waals surface area contributed by atoms with E-state index in [1.165, 1.54) is 0 Å². The van der Waals surface area contributed by atoms with E-state index in [-0.39, 0.29) is 19.1 Å². The predicted molar refractivity (Wildman–Crippen MR) is 82.0 cm³/mol. The maximum Gasteiger partial charge on any atom is 0.256 e. The normalized spacial score (nSPS) is 16.0. The molecule has 0 saturated heterocycles. The third-order valence-electron chi connectivity index (χ3n) is 3.85.